The van der Waals surface area contributed by atoms with Crippen molar-refractivity contribution in [3.8, 4) is 0 Å². The second-order valence-corrected chi connectivity index (χ2v) is 5.67. The maximum Gasteiger partial charge on any atom is 0.241 e. The summed E-state index contributed by atoms with van der Waals surface area (Å²) in [6.07, 6.45) is 0. The normalized spacial score (nSPS) is 17.5. The summed E-state index contributed by atoms with van der Waals surface area (Å²) in [6, 6.07) is 5.70. The lowest BCUT2D eigenvalue weighted by molar-refractivity contribution is -0.125. The summed E-state index contributed by atoms with van der Waals surface area (Å²) >= 11 is 0. The molecule has 5 nitrogen and oxygen atoms in total. The van der Waals surface area contributed by atoms with Crippen LogP contribution >= 0.6 is 0 Å². The molecule has 0 spiro atoms. The summed E-state index contributed by atoms with van der Waals surface area (Å²) in [4.78, 5) is 16.5. The third kappa shape index (κ3) is 4.76. The van der Waals surface area contributed by atoms with Crippen molar-refractivity contribution in [1.29, 1.82) is 0 Å². The molecule has 1 aromatic carbocycles. The molecule has 6 heteroatoms. The Morgan fingerprint density at radius 1 is 1.41 bits per heavy atom. The van der Waals surface area contributed by atoms with Crippen LogP contribution in [-0.4, -0.2) is 69.2 Å². The Labute approximate surface area is 131 Å². The largest absolute Gasteiger partial charge is 0.379 e. The zero-order chi connectivity index (χ0) is 15.9. The van der Waals surface area contributed by atoms with E-state index < -0.39 is 6.04 Å². The van der Waals surface area contributed by atoms with Crippen LogP contribution in [-0.2, 0) is 9.53 Å². The molecule has 1 aliphatic rings. The number of likely N-dealkylation sites (N-methyl/N-ethyl adjacent to an activating group) is 1. The maximum atomic E-state index is 13.4. The van der Waals surface area contributed by atoms with Crippen molar-refractivity contribution >= 4 is 5.91 Å². The number of halogens is 1. The van der Waals surface area contributed by atoms with Gasteiger partial charge >= 0.3 is 0 Å². The number of benzene rings is 1. The molecule has 122 valence electrons. The Morgan fingerprint density at radius 3 is 2.77 bits per heavy atom. The lowest BCUT2D eigenvalue weighted by atomic mass is 10.1. The van der Waals surface area contributed by atoms with Crippen LogP contribution in [0.3, 0.4) is 0 Å². The summed E-state index contributed by atoms with van der Waals surface area (Å²) in [5.41, 5.74) is 0.661. The van der Waals surface area contributed by atoms with Crippen molar-refractivity contribution in [2.75, 3.05) is 53.5 Å². The summed E-state index contributed by atoms with van der Waals surface area (Å²) in [6.45, 7) is 4.68. The number of hydrogen-bond acceptors (Lipinski definition) is 4. The molecular weight excluding hydrogens is 285 g/mol. The molecule has 0 bridgehead atoms. The van der Waals surface area contributed by atoms with E-state index in [1.807, 2.05) is 14.1 Å². The molecule has 2 rings (SSSR count). The van der Waals surface area contributed by atoms with E-state index in [0.29, 0.717) is 12.1 Å². The predicted octanol–water partition coefficient (Wildman–Crippen LogP) is 0.877. The van der Waals surface area contributed by atoms with E-state index in [4.69, 9.17) is 4.74 Å². The van der Waals surface area contributed by atoms with E-state index in [1.54, 1.807) is 17.0 Å². The van der Waals surface area contributed by atoms with Gasteiger partial charge in [-0.3, -0.25) is 14.6 Å². The Morgan fingerprint density at radius 2 is 2.14 bits per heavy atom. The number of rotatable bonds is 6. The van der Waals surface area contributed by atoms with E-state index in [1.165, 1.54) is 12.1 Å². The van der Waals surface area contributed by atoms with E-state index in [9.17, 15) is 9.18 Å². The Bertz CT molecular complexity index is 490. The van der Waals surface area contributed by atoms with Gasteiger partial charge in [0.15, 0.2) is 0 Å². The van der Waals surface area contributed by atoms with Gasteiger partial charge < -0.3 is 10.1 Å². The predicted molar refractivity (Wildman–Crippen MR) is 83.1 cm³/mol. The minimum atomic E-state index is -0.486. The van der Waals surface area contributed by atoms with Gasteiger partial charge in [-0.25, -0.2) is 4.39 Å². The Balaban J connectivity index is 1.89. The molecule has 0 saturated carbocycles. The lowest BCUT2D eigenvalue weighted by Gasteiger charge is -2.28. The molecule has 0 aromatic heterocycles. The molecule has 22 heavy (non-hydrogen) atoms. The molecule has 0 radical (unpaired) electrons. The molecule has 1 fully saturated rings. The quantitative estimate of drug-likeness (QED) is 0.847. The smallest absolute Gasteiger partial charge is 0.241 e. The second kappa shape index (κ2) is 8.22. The van der Waals surface area contributed by atoms with Gasteiger partial charge in [0.05, 0.1) is 13.2 Å². The molecule has 0 unspecified atom stereocenters. The molecule has 1 heterocycles. The van der Waals surface area contributed by atoms with E-state index in [0.717, 1.165) is 32.8 Å². The number of carbonyl (C=O) groups is 1. The van der Waals surface area contributed by atoms with Crippen molar-refractivity contribution in [3.63, 3.8) is 0 Å². The Hall–Kier alpha value is -1.50. The summed E-state index contributed by atoms with van der Waals surface area (Å²) in [5.74, 6) is -0.436. The molecule has 0 aliphatic carbocycles. The number of nitrogens with one attached hydrogen (secondary N) is 1. The van der Waals surface area contributed by atoms with Crippen LogP contribution in [0.15, 0.2) is 24.3 Å². The monoisotopic (exact) mass is 309 g/mol. The highest BCUT2D eigenvalue weighted by atomic mass is 19.1. The van der Waals surface area contributed by atoms with Crippen molar-refractivity contribution < 1.29 is 13.9 Å². The van der Waals surface area contributed by atoms with Gasteiger partial charge in [0.1, 0.15) is 11.9 Å². The van der Waals surface area contributed by atoms with Crippen molar-refractivity contribution in [2.24, 2.45) is 0 Å². The third-order valence-corrected chi connectivity index (χ3v) is 3.76. The van der Waals surface area contributed by atoms with Gasteiger partial charge in [-0.05, 0) is 31.8 Å². The SMILES string of the molecule is CN(C)[C@H](C(=O)NCCN1CCOCC1)c1cccc(F)c1. The fraction of sp³-hybridized carbons (Fsp3) is 0.562. The van der Waals surface area contributed by atoms with E-state index >= 15 is 0 Å². The van der Waals surface area contributed by atoms with Crippen LogP contribution in [0.1, 0.15) is 11.6 Å². The highest BCUT2D eigenvalue weighted by molar-refractivity contribution is 5.83. The highest BCUT2D eigenvalue weighted by Gasteiger charge is 2.23. The van der Waals surface area contributed by atoms with Crippen LogP contribution in [0, 0.1) is 5.82 Å². The number of amides is 1. The van der Waals surface area contributed by atoms with Crippen molar-refractivity contribution in [3.05, 3.63) is 35.6 Å². The van der Waals surface area contributed by atoms with Crippen molar-refractivity contribution in [1.82, 2.24) is 15.1 Å². The van der Waals surface area contributed by atoms with Gasteiger partial charge in [0, 0.05) is 26.2 Å². The highest BCUT2D eigenvalue weighted by Crippen LogP contribution is 2.19. The number of hydrogen-bond donors (Lipinski definition) is 1. The van der Waals surface area contributed by atoms with E-state index in [2.05, 4.69) is 10.2 Å². The number of nitrogens with zero attached hydrogens (tertiary/aromatic N) is 2. The first-order valence-electron chi connectivity index (χ1n) is 7.57. The molecule has 1 N–H and O–H groups in total. The fourth-order valence-electron chi connectivity index (χ4n) is 2.62. The maximum absolute atomic E-state index is 13.4. The van der Waals surface area contributed by atoms with Gasteiger partial charge in [-0.1, -0.05) is 12.1 Å². The molecule has 1 saturated heterocycles. The molecule has 1 aliphatic heterocycles. The fourth-order valence-corrected chi connectivity index (χ4v) is 2.62. The third-order valence-electron chi connectivity index (χ3n) is 3.76. The van der Waals surface area contributed by atoms with Crippen LogP contribution in [0.25, 0.3) is 0 Å². The summed E-state index contributed by atoms with van der Waals surface area (Å²) in [5, 5.41) is 2.94. The van der Waals surface area contributed by atoms with Gasteiger partial charge in [-0.15, -0.1) is 0 Å². The molecule has 1 atom stereocenters. The second-order valence-electron chi connectivity index (χ2n) is 5.67. The molecule has 1 aromatic rings. The summed E-state index contributed by atoms with van der Waals surface area (Å²) < 4.78 is 18.7. The minimum Gasteiger partial charge on any atom is -0.379 e. The van der Waals surface area contributed by atoms with Gasteiger partial charge in [-0.2, -0.15) is 0 Å². The van der Waals surface area contributed by atoms with Gasteiger partial charge in [0.2, 0.25) is 5.91 Å². The van der Waals surface area contributed by atoms with Crippen LogP contribution in [0.5, 0.6) is 0 Å². The van der Waals surface area contributed by atoms with Crippen LogP contribution < -0.4 is 5.32 Å². The first-order valence-corrected chi connectivity index (χ1v) is 7.57. The lowest BCUT2D eigenvalue weighted by Crippen LogP contribution is -2.43. The standard InChI is InChI=1S/C16H24FN3O2/c1-19(2)15(13-4-3-5-14(17)12-13)16(21)18-6-7-20-8-10-22-11-9-20/h3-5,12,15H,6-11H2,1-2H3,(H,18,21)/t15-/m0/s1. The minimum absolute atomic E-state index is 0.108. The molecule has 1 amide bonds. The van der Waals surface area contributed by atoms with Crippen LogP contribution in [0.2, 0.25) is 0 Å². The number of carbonyl (C=O) groups excluding carboxylic acids is 1. The van der Waals surface area contributed by atoms with E-state index in [-0.39, 0.29) is 11.7 Å². The Kier molecular flexibility index (Phi) is 6.30. The first-order chi connectivity index (χ1) is 10.6. The summed E-state index contributed by atoms with van der Waals surface area (Å²) in [7, 11) is 3.63. The van der Waals surface area contributed by atoms with Crippen LogP contribution in [0.4, 0.5) is 4.39 Å². The zero-order valence-electron chi connectivity index (χ0n) is 13.2. The number of ether oxygens (including phenoxy) is 1. The average molecular weight is 309 g/mol. The average Bonchev–Trinajstić information content (AvgIpc) is 2.48. The first kappa shape index (κ1) is 16.9. The van der Waals surface area contributed by atoms with Gasteiger partial charge in [0.25, 0.3) is 0 Å². The molecular formula is C16H24FN3O2. The number of morpholine rings is 1. The van der Waals surface area contributed by atoms with Crippen molar-refractivity contribution in [2.45, 2.75) is 6.04 Å². The zero-order valence-corrected chi connectivity index (χ0v) is 13.2. The topological polar surface area (TPSA) is 44.8 Å².